The molecule has 1 saturated heterocycles. The Balaban J connectivity index is 2.07. The third-order valence-electron chi connectivity index (χ3n) is 8.07. The lowest BCUT2D eigenvalue weighted by molar-refractivity contribution is -0.141. The number of carbonyl (C=O) groups is 2. The predicted molar refractivity (Wildman–Crippen MR) is 187 cm³/mol. The number of Topliss-reactive ketones (excluding diaryl/α,β-unsaturated/α-hetero) is 1. The fourth-order valence-corrected chi connectivity index (χ4v) is 5.21. The number of amides is 1. The largest absolute Gasteiger partial charge is 0.378 e. The first kappa shape index (κ1) is 43.8. The second-order valence-electron chi connectivity index (χ2n) is 12.4. The highest BCUT2D eigenvalue weighted by Gasteiger charge is 2.20. The summed E-state index contributed by atoms with van der Waals surface area (Å²) >= 11 is 0. The van der Waals surface area contributed by atoms with Crippen LogP contribution in [-0.2, 0) is 38.0 Å². The zero-order valence-corrected chi connectivity index (χ0v) is 30.0. The normalized spacial score (nSPS) is 18.7. The Kier molecular flexibility index (Phi) is 33.7. The fourth-order valence-electron chi connectivity index (χ4n) is 5.21. The second-order valence-corrected chi connectivity index (χ2v) is 12.4. The molecule has 1 unspecified atom stereocenters. The van der Waals surface area contributed by atoms with Crippen molar-refractivity contribution in [2.24, 2.45) is 0 Å². The van der Waals surface area contributed by atoms with Crippen LogP contribution in [0.4, 0.5) is 0 Å². The molecular formula is C36H71N3O8. The van der Waals surface area contributed by atoms with Crippen molar-refractivity contribution in [2.45, 2.75) is 116 Å². The lowest BCUT2D eigenvalue weighted by atomic mass is 10.0. The molecule has 1 fully saturated rings. The van der Waals surface area contributed by atoms with Crippen LogP contribution in [0.3, 0.4) is 0 Å². The number of hydrogen-bond donors (Lipinski definition) is 3. The summed E-state index contributed by atoms with van der Waals surface area (Å²) in [6.45, 7) is 9.38. The highest BCUT2D eigenvalue weighted by molar-refractivity contribution is 5.85. The molecule has 1 heterocycles. The Morgan fingerprint density at radius 2 is 1.02 bits per heavy atom. The van der Waals surface area contributed by atoms with Crippen LogP contribution < -0.4 is 16.0 Å². The molecule has 47 heavy (non-hydrogen) atoms. The molecule has 1 aliphatic heterocycles. The van der Waals surface area contributed by atoms with E-state index in [9.17, 15) is 9.59 Å². The summed E-state index contributed by atoms with van der Waals surface area (Å²) in [6.07, 6.45) is 20.4. The van der Waals surface area contributed by atoms with E-state index >= 15 is 0 Å². The van der Waals surface area contributed by atoms with Crippen molar-refractivity contribution in [1.29, 1.82) is 0 Å². The van der Waals surface area contributed by atoms with Gasteiger partial charge in [-0.25, -0.2) is 0 Å². The molecule has 0 aromatic carbocycles. The van der Waals surface area contributed by atoms with Gasteiger partial charge in [0.2, 0.25) is 5.91 Å². The molecule has 3 N–H and O–H groups in total. The summed E-state index contributed by atoms with van der Waals surface area (Å²) in [7, 11) is 0. The lowest BCUT2D eigenvalue weighted by Gasteiger charge is -2.17. The molecule has 1 rings (SSSR count). The molecule has 0 aliphatic carbocycles. The van der Waals surface area contributed by atoms with Crippen molar-refractivity contribution in [3.8, 4) is 0 Å². The SMILES string of the molecule is CCCCCCCCCCCCCCCCCCNC(=O)COCC(=O)C1COCCOCCNCCOCCOCCNCCO1. The molecule has 0 spiro atoms. The van der Waals surface area contributed by atoms with Crippen molar-refractivity contribution in [1.82, 2.24) is 16.0 Å². The summed E-state index contributed by atoms with van der Waals surface area (Å²) in [5.74, 6) is -0.449. The Hall–Kier alpha value is -1.18. The molecule has 11 heteroatoms. The number of carbonyl (C=O) groups excluding carboxylic acids is 2. The third kappa shape index (κ3) is 31.8. The van der Waals surface area contributed by atoms with E-state index in [-0.39, 0.29) is 31.5 Å². The van der Waals surface area contributed by atoms with Gasteiger partial charge in [0.1, 0.15) is 19.3 Å². The van der Waals surface area contributed by atoms with Crippen LogP contribution in [0, 0.1) is 0 Å². The van der Waals surface area contributed by atoms with Gasteiger partial charge in [-0.05, 0) is 6.42 Å². The van der Waals surface area contributed by atoms with Crippen LogP contribution in [0.25, 0.3) is 0 Å². The summed E-state index contributed by atoms with van der Waals surface area (Å²) in [5, 5.41) is 9.38. The molecule has 0 radical (unpaired) electrons. The van der Waals surface area contributed by atoms with Crippen LogP contribution in [0.5, 0.6) is 0 Å². The quantitative estimate of drug-likeness (QED) is 0.141. The molecule has 0 aromatic rings. The number of ether oxygens (including phenoxy) is 6. The first-order valence-corrected chi connectivity index (χ1v) is 18.9. The molecule has 278 valence electrons. The summed E-state index contributed by atoms with van der Waals surface area (Å²) in [4.78, 5) is 25.0. The Bertz CT molecular complexity index is 667. The number of hydrogen-bond acceptors (Lipinski definition) is 10. The molecular weight excluding hydrogens is 602 g/mol. The van der Waals surface area contributed by atoms with E-state index in [0.29, 0.717) is 72.5 Å². The van der Waals surface area contributed by atoms with Crippen molar-refractivity contribution in [2.75, 3.05) is 105 Å². The van der Waals surface area contributed by atoms with Crippen molar-refractivity contribution in [3.63, 3.8) is 0 Å². The first-order valence-electron chi connectivity index (χ1n) is 18.9. The van der Waals surface area contributed by atoms with Crippen LogP contribution in [0.1, 0.15) is 110 Å². The van der Waals surface area contributed by atoms with Gasteiger partial charge < -0.3 is 44.4 Å². The number of unbranched alkanes of at least 4 members (excludes halogenated alkanes) is 15. The van der Waals surface area contributed by atoms with Crippen LogP contribution in [0.2, 0.25) is 0 Å². The highest BCUT2D eigenvalue weighted by Crippen LogP contribution is 2.13. The Morgan fingerprint density at radius 1 is 0.574 bits per heavy atom. The fraction of sp³-hybridized carbons (Fsp3) is 0.944. The predicted octanol–water partition coefficient (Wildman–Crippen LogP) is 4.59. The average molecular weight is 674 g/mol. The van der Waals surface area contributed by atoms with Gasteiger partial charge in [-0.2, -0.15) is 0 Å². The summed E-state index contributed by atoms with van der Waals surface area (Å²) in [5.41, 5.74) is 0. The van der Waals surface area contributed by atoms with Crippen LogP contribution >= 0.6 is 0 Å². The summed E-state index contributed by atoms with van der Waals surface area (Å²) < 4.78 is 33.5. The molecule has 0 saturated carbocycles. The van der Waals surface area contributed by atoms with E-state index in [1.54, 1.807) is 0 Å². The maximum Gasteiger partial charge on any atom is 0.246 e. The molecule has 1 atom stereocenters. The monoisotopic (exact) mass is 674 g/mol. The van der Waals surface area contributed by atoms with Gasteiger partial charge >= 0.3 is 0 Å². The van der Waals surface area contributed by atoms with Crippen LogP contribution in [0.15, 0.2) is 0 Å². The number of ketones is 1. The van der Waals surface area contributed by atoms with Crippen LogP contribution in [-0.4, -0.2) is 123 Å². The smallest absolute Gasteiger partial charge is 0.246 e. The first-order chi connectivity index (χ1) is 23.2. The molecule has 11 nitrogen and oxygen atoms in total. The minimum Gasteiger partial charge on any atom is -0.378 e. The number of nitrogens with one attached hydrogen (secondary N) is 3. The van der Waals surface area contributed by atoms with E-state index in [1.165, 1.54) is 89.9 Å². The van der Waals surface area contributed by atoms with Gasteiger partial charge in [-0.1, -0.05) is 103 Å². The summed E-state index contributed by atoms with van der Waals surface area (Å²) in [6, 6.07) is 0. The van der Waals surface area contributed by atoms with Gasteiger partial charge in [0, 0.05) is 32.7 Å². The Labute approximate surface area is 286 Å². The van der Waals surface area contributed by atoms with E-state index < -0.39 is 6.10 Å². The number of rotatable bonds is 22. The zero-order valence-electron chi connectivity index (χ0n) is 30.0. The maximum atomic E-state index is 12.8. The molecule has 0 bridgehead atoms. The second kappa shape index (κ2) is 36.1. The van der Waals surface area contributed by atoms with E-state index in [4.69, 9.17) is 28.4 Å². The lowest BCUT2D eigenvalue weighted by Crippen LogP contribution is -2.36. The zero-order chi connectivity index (χ0) is 33.7. The van der Waals surface area contributed by atoms with Crippen molar-refractivity contribution < 1.29 is 38.0 Å². The highest BCUT2D eigenvalue weighted by atomic mass is 16.6. The standard InChI is InChI=1S/C36H71N3O8/c1-2-3-4-5-6-7-8-9-10-11-12-13-14-15-16-17-18-39-36(41)33-46-31-34(40)35-32-45-30-29-44-24-20-37-19-23-42-27-28-43-25-21-38-22-26-47-35/h35,37-38H,2-33H2,1H3,(H,39,41). The van der Waals surface area contributed by atoms with Gasteiger partial charge in [0.15, 0.2) is 5.78 Å². The molecule has 0 aromatic heterocycles. The van der Waals surface area contributed by atoms with Crippen molar-refractivity contribution >= 4 is 11.7 Å². The van der Waals surface area contributed by atoms with Crippen molar-refractivity contribution in [3.05, 3.63) is 0 Å². The molecule has 1 aliphatic rings. The average Bonchev–Trinajstić information content (AvgIpc) is 3.07. The topological polar surface area (TPSA) is 126 Å². The van der Waals surface area contributed by atoms with E-state index in [1.807, 2.05) is 0 Å². The maximum absolute atomic E-state index is 12.8. The van der Waals surface area contributed by atoms with E-state index in [2.05, 4.69) is 22.9 Å². The Morgan fingerprint density at radius 3 is 1.53 bits per heavy atom. The van der Waals surface area contributed by atoms with Gasteiger partial charge in [-0.15, -0.1) is 0 Å². The third-order valence-corrected chi connectivity index (χ3v) is 8.07. The minimum absolute atomic E-state index is 0.107. The minimum atomic E-state index is -0.769. The van der Waals surface area contributed by atoms with E-state index in [0.717, 1.165) is 25.9 Å². The van der Waals surface area contributed by atoms with Gasteiger partial charge in [0.05, 0.1) is 59.5 Å². The van der Waals surface area contributed by atoms with Gasteiger partial charge in [0.25, 0.3) is 0 Å². The molecule has 1 amide bonds. The van der Waals surface area contributed by atoms with Gasteiger partial charge in [-0.3, -0.25) is 9.59 Å².